The van der Waals surface area contributed by atoms with Crippen molar-refractivity contribution in [3.05, 3.63) is 73.3 Å². The van der Waals surface area contributed by atoms with Crippen molar-refractivity contribution in [1.29, 1.82) is 0 Å². The molecule has 1 N–H and O–H groups in total. The second-order valence-electron chi connectivity index (χ2n) is 13.7. The number of rotatable bonds is 12. The van der Waals surface area contributed by atoms with Gasteiger partial charge in [0.15, 0.2) is 8.32 Å². The fraction of sp³-hybridized carbons (Fsp3) is 0.576. The van der Waals surface area contributed by atoms with E-state index in [1.54, 1.807) is 0 Å². The summed E-state index contributed by atoms with van der Waals surface area (Å²) >= 11 is 0. The second kappa shape index (κ2) is 12.8. The lowest BCUT2D eigenvalue weighted by molar-refractivity contribution is -0.0228. The Morgan fingerprint density at radius 3 is 1.63 bits per heavy atom. The van der Waals surface area contributed by atoms with Crippen molar-refractivity contribution in [2.24, 2.45) is 17.8 Å². The van der Waals surface area contributed by atoms with E-state index in [0.29, 0.717) is 6.61 Å². The Morgan fingerprint density at radius 2 is 1.26 bits per heavy atom. The first kappa shape index (κ1) is 32.7. The molecule has 0 aromatic heterocycles. The zero-order chi connectivity index (χ0) is 28.9. The molecule has 2 aromatic rings. The third-order valence-corrected chi connectivity index (χ3v) is 18.2. The highest BCUT2D eigenvalue weighted by molar-refractivity contribution is 6.99. The standard InChI is InChI=1S/C33H54O3Si2/c1-13-25(2)30(34)27(4)31(36-37(11,12)32(5,6)7)26(3)24-35-38(33(8,9)10,28-20-16-14-17-21-28)29-22-18-15-19-23-29/h13-23,25-27,30-31,34H,1,24H2,2-12H3/t25-,26-,27-,30-,31-/m0/s1. The molecule has 0 radical (unpaired) electrons. The fourth-order valence-corrected chi connectivity index (χ4v) is 11.3. The highest BCUT2D eigenvalue weighted by Gasteiger charge is 2.51. The molecular weight excluding hydrogens is 501 g/mol. The number of hydrogen-bond acceptors (Lipinski definition) is 3. The zero-order valence-electron chi connectivity index (χ0n) is 25.9. The summed E-state index contributed by atoms with van der Waals surface area (Å²) in [5.41, 5.74) is 0. The first-order valence-corrected chi connectivity index (χ1v) is 19.0. The summed E-state index contributed by atoms with van der Waals surface area (Å²) in [5.74, 6) is 0.0163. The van der Waals surface area contributed by atoms with E-state index in [4.69, 9.17) is 8.85 Å². The molecule has 0 saturated carbocycles. The van der Waals surface area contributed by atoms with Gasteiger partial charge in [-0.15, -0.1) is 6.58 Å². The fourth-order valence-electron chi connectivity index (χ4n) is 5.18. The van der Waals surface area contributed by atoms with Crippen LogP contribution in [-0.4, -0.2) is 40.6 Å². The van der Waals surface area contributed by atoms with E-state index < -0.39 is 22.7 Å². The molecule has 212 valence electrons. The third-order valence-electron chi connectivity index (χ3n) is 8.74. The van der Waals surface area contributed by atoms with E-state index in [0.717, 1.165) is 0 Å². The van der Waals surface area contributed by atoms with E-state index in [9.17, 15) is 5.11 Å². The lowest BCUT2D eigenvalue weighted by atomic mass is 9.84. The van der Waals surface area contributed by atoms with Crippen LogP contribution in [0.25, 0.3) is 0 Å². The zero-order valence-corrected chi connectivity index (χ0v) is 27.9. The SMILES string of the molecule is C=C[C@H](C)[C@H](O)[C@H](C)[C@@H](O[Si](C)(C)C(C)(C)C)[C@@H](C)CO[Si](c1ccccc1)(c1ccccc1)C(C)(C)C. The normalized spacial score (nSPS) is 17.4. The molecule has 0 saturated heterocycles. The molecule has 0 amide bonds. The number of aliphatic hydroxyl groups excluding tert-OH is 1. The molecule has 0 unspecified atom stereocenters. The van der Waals surface area contributed by atoms with Crippen LogP contribution in [0.15, 0.2) is 73.3 Å². The number of benzene rings is 2. The van der Waals surface area contributed by atoms with Gasteiger partial charge >= 0.3 is 0 Å². The van der Waals surface area contributed by atoms with Crippen LogP contribution >= 0.6 is 0 Å². The molecule has 2 rings (SSSR count). The maximum Gasteiger partial charge on any atom is 0.261 e. The first-order valence-electron chi connectivity index (χ1n) is 14.2. The van der Waals surface area contributed by atoms with Crippen molar-refractivity contribution in [2.75, 3.05) is 6.61 Å². The number of aliphatic hydroxyl groups is 1. The minimum absolute atomic E-state index is 0.0136. The van der Waals surface area contributed by atoms with Crippen LogP contribution in [0.5, 0.6) is 0 Å². The molecule has 0 bridgehead atoms. The summed E-state index contributed by atoms with van der Waals surface area (Å²) < 4.78 is 14.4. The Morgan fingerprint density at radius 1 is 0.816 bits per heavy atom. The molecule has 0 aliphatic heterocycles. The van der Waals surface area contributed by atoms with Crippen molar-refractivity contribution in [3.8, 4) is 0 Å². The van der Waals surface area contributed by atoms with Crippen LogP contribution in [-0.2, 0) is 8.85 Å². The minimum Gasteiger partial charge on any atom is -0.413 e. The van der Waals surface area contributed by atoms with Crippen LogP contribution in [0, 0.1) is 17.8 Å². The quantitative estimate of drug-likeness (QED) is 0.219. The van der Waals surface area contributed by atoms with E-state index in [1.807, 2.05) is 13.0 Å². The van der Waals surface area contributed by atoms with Crippen molar-refractivity contribution in [1.82, 2.24) is 0 Å². The summed E-state index contributed by atoms with van der Waals surface area (Å²) in [4.78, 5) is 0. The molecule has 5 heteroatoms. The van der Waals surface area contributed by atoms with Crippen LogP contribution < -0.4 is 10.4 Å². The lowest BCUT2D eigenvalue weighted by Gasteiger charge is -2.46. The largest absolute Gasteiger partial charge is 0.413 e. The summed E-state index contributed by atoms with van der Waals surface area (Å²) in [7, 11) is -4.77. The molecule has 38 heavy (non-hydrogen) atoms. The van der Waals surface area contributed by atoms with Gasteiger partial charge in [-0.25, -0.2) is 0 Å². The Hall–Kier alpha value is -1.51. The van der Waals surface area contributed by atoms with Gasteiger partial charge in [-0.3, -0.25) is 0 Å². The van der Waals surface area contributed by atoms with E-state index in [2.05, 4.69) is 136 Å². The molecule has 0 fully saturated rings. The topological polar surface area (TPSA) is 38.7 Å². The minimum atomic E-state index is -2.67. The van der Waals surface area contributed by atoms with Gasteiger partial charge in [0.05, 0.1) is 12.2 Å². The Bertz CT molecular complexity index is 953. The van der Waals surface area contributed by atoms with E-state index in [1.165, 1.54) is 10.4 Å². The highest BCUT2D eigenvalue weighted by atomic mass is 28.4. The van der Waals surface area contributed by atoms with Gasteiger partial charge < -0.3 is 14.0 Å². The summed E-state index contributed by atoms with van der Waals surface area (Å²) in [6.07, 6.45) is 1.18. The Balaban J connectivity index is 2.54. The summed E-state index contributed by atoms with van der Waals surface area (Å²) in [6.45, 7) is 29.2. The van der Waals surface area contributed by atoms with Gasteiger partial charge in [-0.1, -0.05) is 129 Å². The van der Waals surface area contributed by atoms with Crippen LogP contribution in [0.1, 0.15) is 62.3 Å². The summed E-state index contributed by atoms with van der Waals surface area (Å²) in [5, 5.41) is 13.8. The maximum absolute atomic E-state index is 11.3. The van der Waals surface area contributed by atoms with Crippen LogP contribution in [0.2, 0.25) is 23.2 Å². The molecule has 2 aromatic carbocycles. The van der Waals surface area contributed by atoms with E-state index in [-0.39, 0.29) is 33.9 Å². The number of hydrogen-bond donors (Lipinski definition) is 1. The van der Waals surface area contributed by atoms with Gasteiger partial charge in [0, 0.05) is 24.4 Å². The van der Waals surface area contributed by atoms with Crippen molar-refractivity contribution < 1.29 is 14.0 Å². The molecule has 0 spiro atoms. The molecule has 5 atom stereocenters. The van der Waals surface area contributed by atoms with Gasteiger partial charge in [-0.2, -0.15) is 0 Å². The summed E-state index contributed by atoms with van der Waals surface area (Å²) in [6, 6.07) is 21.6. The van der Waals surface area contributed by atoms with Gasteiger partial charge in [0.25, 0.3) is 8.32 Å². The molecule has 3 nitrogen and oxygen atoms in total. The average molecular weight is 555 g/mol. The van der Waals surface area contributed by atoms with Crippen molar-refractivity contribution in [3.63, 3.8) is 0 Å². The molecule has 0 aliphatic carbocycles. The van der Waals surface area contributed by atoms with Crippen molar-refractivity contribution in [2.45, 2.75) is 97.7 Å². The third kappa shape index (κ3) is 7.16. The Labute approximate surface area is 235 Å². The molecule has 0 aliphatic rings. The van der Waals surface area contributed by atoms with Crippen molar-refractivity contribution >= 4 is 27.0 Å². The Kier molecular flexibility index (Phi) is 11.0. The predicted molar refractivity (Wildman–Crippen MR) is 169 cm³/mol. The molecule has 0 heterocycles. The van der Waals surface area contributed by atoms with Gasteiger partial charge in [0.1, 0.15) is 0 Å². The van der Waals surface area contributed by atoms with E-state index >= 15 is 0 Å². The van der Waals surface area contributed by atoms with Crippen LogP contribution in [0.3, 0.4) is 0 Å². The monoisotopic (exact) mass is 554 g/mol. The highest BCUT2D eigenvalue weighted by Crippen LogP contribution is 2.41. The smallest absolute Gasteiger partial charge is 0.261 e. The predicted octanol–water partition coefficient (Wildman–Crippen LogP) is 7.41. The maximum atomic E-state index is 11.3. The van der Waals surface area contributed by atoms with Gasteiger partial charge in [0.2, 0.25) is 0 Å². The van der Waals surface area contributed by atoms with Gasteiger partial charge in [-0.05, 0) is 33.5 Å². The second-order valence-corrected chi connectivity index (χ2v) is 22.8. The molecular formula is C33H54O3Si2. The first-order chi connectivity index (χ1) is 17.5. The lowest BCUT2D eigenvalue weighted by Crippen LogP contribution is -2.67. The van der Waals surface area contributed by atoms with Crippen LogP contribution in [0.4, 0.5) is 0 Å². The average Bonchev–Trinajstić information content (AvgIpc) is 2.86.